The monoisotopic (exact) mass is 284 g/mol. The molecule has 0 heterocycles. The van der Waals surface area contributed by atoms with Crippen LogP contribution in [0.2, 0.25) is 0 Å². The summed E-state index contributed by atoms with van der Waals surface area (Å²) in [6.07, 6.45) is 0.735. The zero-order chi connectivity index (χ0) is 14.5. The first-order valence-electron chi connectivity index (χ1n) is 6.14. The van der Waals surface area contributed by atoms with Crippen LogP contribution in [0.15, 0.2) is 30.3 Å². The number of ether oxygens (including phenoxy) is 1. The maximum absolute atomic E-state index is 11.8. The van der Waals surface area contributed by atoms with E-state index >= 15 is 0 Å². The van der Waals surface area contributed by atoms with Crippen molar-refractivity contribution in [1.82, 2.24) is 0 Å². The average molecular weight is 284 g/mol. The van der Waals surface area contributed by atoms with Crippen LogP contribution in [0.3, 0.4) is 0 Å². The normalized spacial score (nSPS) is 12.2. The number of hydrogen-bond acceptors (Lipinski definition) is 4. The summed E-state index contributed by atoms with van der Waals surface area (Å²) >= 11 is 0. The molecule has 0 N–H and O–H groups in total. The highest BCUT2D eigenvalue weighted by Gasteiger charge is 2.30. The highest BCUT2D eigenvalue weighted by atomic mass is 32.2. The number of aryl methyl sites for hydroxylation is 1. The predicted octanol–water partition coefficient (Wildman–Crippen LogP) is 2.33. The third kappa shape index (κ3) is 5.03. The van der Waals surface area contributed by atoms with E-state index in [-0.39, 0.29) is 6.42 Å². The smallest absolute Gasteiger partial charge is 0.307 e. The standard InChI is InChI=1S/C14H20O4S/c1-14(2,3)19(16,17)11-18-13(15)10-9-12-7-5-4-6-8-12/h4-8H,9-11H2,1-3H3. The van der Waals surface area contributed by atoms with Crippen LogP contribution in [0.25, 0.3) is 0 Å². The largest absolute Gasteiger partial charge is 0.449 e. The maximum atomic E-state index is 11.8. The van der Waals surface area contributed by atoms with Gasteiger partial charge in [-0.25, -0.2) is 8.42 Å². The van der Waals surface area contributed by atoms with Gasteiger partial charge < -0.3 is 4.74 Å². The zero-order valence-electron chi connectivity index (χ0n) is 11.5. The number of carbonyl (C=O) groups excluding carboxylic acids is 1. The minimum Gasteiger partial charge on any atom is -0.449 e. The van der Waals surface area contributed by atoms with E-state index < -0.39 is 26.5 Å². The molecule has 0 aliphatic carbocycles. The summed E-state index contributed by atoms with van der Waals surface area (Å²) in [6.45, 7) is 4.75. The minimum absolute atomic E-state index is 0.184. The van der Waals surface area contributed by atoms with E-state index in [2.05, 4.69) is 0 Å². The van der Waals surface area contributed by atoms with Gasteiger partial charge in [0.05, 0.1) is 4.75 Å². The lowest BCUT2D eigenvalue weighted by atomic mass is 10.1. The van der Waals surface area contributed by atoms with E-state index in [0.29, 0.717) is 6.42 Å². The van der Waals surface area contributed by atoms with Crippen LogP contribution in [0.5, 0.6) is 0 Å². The van der Waals surface area contributed by atoms with Crippen molar-refractivity contribution in [2.24, 2.45) is 0 Å². The van der Waals surface area contributed by atoms with Crippen LogP contribution in [0, 0.1) is 0 Å². The Morgan fingerprint density at radius 1 is 1.16 bits per heavy atom. The van der Waals surface area contributed by atoms with Gasteiger partial charge in [-0.2, -0.15) is 0 Å². The summed E-state index contributed by atoms with van der Waals surface area (Å²) in [4.78, 5) is 11.5. The lowest BCUT2D eigenvalue weighted by molar-refractivity contribution is -0.141. The first-order chi connectivity index (χ1) is 8.72. The molecule has 5 heteroatoms. The first-order valence-corrected chi connectivity index (χ1v) is 7.79. The van der Waals surface area contributed by atoms with Crippen LogP contribution >= 0.6 is 0 Å². The summed E-state index contributed by atoms with van der Waals surface area (Å²) in [5.74, 6) is -1.04. The molecule has 0 aliphatic heterocycles. The molecule has 1 aromatic carbocycles. The molecule has 0 aliphatic rings. The fraction of sp³-hybridized carbons (Fsp3) is 0.500. The Balaban J connectivity index is 2.41. The van der Waals surface area contributed by atoms with Gasteiger partial charge in [0.25, 0.3) is 0 Å². The second kappa shape index (κ2) is 6.19. The maximum Gasteiger partial charge on any atom is 0.307 e. The van der Waals surface area contributed by atoms with Gasteiger partial charge in [-0.05, 0) is 32.8 Å². The number of esters is 1. The molecule has 0 spiro atoms. The molecule has 106 valence electrons. The van der Waals surface area contributed by atoms with Crippen LogP contribution in [-0.4, -0.2) is 25.1 Å². The van der Waals surface area contributed by atoms with E-state index in [9.17, 15) is 13.2 Å². The fourth-order valence-corrected chi connectivity index (χ4v) is 1.92. The average Bonchev–Trinajstić information content (AvgIpc) is 2.34. The summed E-state index contributed by atoms with van der Waals surface area (Å²) in [5, 5.41) is 0. The van der Waals surface area contributed by atoms with Gasteiger partial charge in [-0.1, -0.05) is 30.3 Å². The van der Waals surface area contributed by atoms with Gasteiger partial charge in [-0.3, -0.25) is 4.79 Å². The van der Waals surface area contributed by atoms with E-state index in [4.69, 9.17) is 4.74 Å². The number of hydrogen-bond donors (Lipinski definition) is 0. The molecule has 0 amide bonds. The van der Waals surface area contributed by atoms with Gasteiger partial charge in [0.15, 0.2) is 15.8 Å². The quantitative estimate of drug-likeness (QED) is 0.779. The summed E-state index contributed by atoms with van der Waals surface area (Å²) in [5.41, 5.74) is 1.03. The molecule has 1 aromatic rings. The molecule has 0 atom stereocenters. The molecular formula is C14H20O4S. The van der Waals surface area contributed by atoms with Crippen LogP contribution < -0.4 is 0 Å². The highest BCUT2D eigenvalue weighted by molar-refractivity contribution is 7.92. The van der Waals surface area contributed by atoms with Crippen molar-refractivity contribution < 1.29 is 17.9 Å². The van der Waals surface area contributed by atoms with E-state index in [1.807, 2.05) is 30.3 Å². The number of benzene rings is 1. The topological polar surface area (TPSA) is 60.4 Å². The lowest BCUT2D eigenvalue weighted by Crippen LogP contribution is -2.32. The van der Waals surface area contributed by atoms with Crippen molar-refractivity contribution in [3.8, 4) is 0 Å². The van der Waals surface area contributed by atoms with Gasteiger partial charge in [0.1, 0.15) is 0 Å². The van der Waals surface area contributed by atoms with Crippen molar-refractivity contribution in [1.29, 1.82) is 0 Å². The first kappa shape index (κ1) is 15.7. The molecular weight excluding hydrogens is 264 g/mol. The van der Waals surface area contributed by atoms with E-state index in [1.54, 1.807) is 20.8 Å². The second-order valence-corrected chi connectivity index (χ2v) is 8.04. The molecule has 0 radical (unpaired) electrons. The molecule has 19 heavy (non-hydrogen) atoms. The summed E-state index contributed by atoms with van der Waals surface area (Å²) < 4.78 is 27.4. The Morgan fingerprint density at radius 2 is 1.74 bits per heavy atom. The third-order valence-electron chi connectivity index (χ3n) is 2.77. The van der Waals surface area contributed by atoms with Crippen molar-refractivity contribution in [2.75, 3.05) is 5.94 Å². The summed E-state index contributed by atoms with van der Waals surface area (Å²) in [6, 6.07) is 9.52. The molecule has 0 saturated heterocycles. The SMILES string of the molecule is CC(C)(C)S(=O)(=O)COC(=O)CCc1ccccc1. The van der Waals surface area contributed by atoms with Crippen molar-refractivity contribution in [3.63, 3.8) is 0 Å². The van der Waals surface area contributed by atoms with Crippen LogP contribution in [0.4, 0.5) is 0 Å². The van der Waals surface area contributed by atoms with Crippen LogP contribution in [-0.2, 0) is 25.8 Å². The Bertz CT molecular complexity index is 512. The van der Waals surface area contributed by atoms with Gasteiger partial charge >= 0.3 is 5.97 Å². The number of rotatable bonds is 5. The van der Waals surface area contributed by atoms with Crippen molar-refractivity contribution >= 4 is 15.8 Å². The predicted molar refractivity (Wildman–Crippen MR) is 74.4 cm³/mol. The van der Waals surface area contributed by atoms with Crippen molar-refractivity contribution in [3.05, 3.63) is 35.9 Å². The lowest BCUT2D eigenvalue weighted by Gasteiger charge is -2.18. The molecule has 0 fully saturated rings. The molecule has 1 rings (SSSR count). The Kier molecular flexibility index (Phi) is 5.11. The summed E-state index contributed by atoms with van der Waals surface area (Å²) in [7, 11) is -3.42. The van der Waals surface area contributed by atoms with Gasteiger partial charge in [-0.15, -0.1) is 0 Å². The third-order valence-corrected chi connectivity index (χ3v) is 5.06. The van der Waals surface area contributed by atoms with E-state index in [0.717, 1.165) is 5.56 Å². The highest BCUT2D eigenvalue weighted by Crippen LogP contribution is 2.16. The van der Waals surface area contributed by atoms with Crippen LogP contribution in [0.1, 0.15) is 32.8 Å². The molecule has 0 aromatic heterocycles. The molecule has 0 saturated carbocycles. The Labute approximate surface area is 114 Å². The second-order valence-electron chi connectivity index (χ2n) is 5.35. The van der Waals surface area contributed by atoms with Crippen molar-refractivity contribution in [2.45, 2.75) is 38.4 Å². The minimum atomic E-state index is -3.42. The van der Waals surface area contributed by atoms with E-state index in [1.165, 1.54) is 0 Å². The molecule has 0 bridgehead atoms. The fourth-order valence-electron chi connectivity index (χ4n) is 1.28. The Morgan fingerprint density at radius 3 is 2.26 bits per heavy atom. The Hall–Kier alpha value is -1.36. The zero-order valence-corrected chi connectivity index (χ0v) is 12.4. The molecule has 4 nitrogen and oxygen atoms in total. The molecule has 0 unspecified atom stereocenters. The number of carbonyl (C=O) groups is 1. The van der Waals surface area contributed by atoms with Gasteiger partial charge in [0, 0.05) is 6.42 Å². The number of sulfone groups is 1. The van der Waals surface area contributed by atoms with Gasteiger partial charge in [0.2, 0.25) is 0 Å².